The molecule has 0 aromatic heterocycles. The minimum atomic E-state index is -4.13. The summed E-state index contributed by atoms with van der Waals surface area (Å²) < 4.78 is 37.6. The number of carboxylic acids is 1. The molecule has 0 saturated carbocycles. The van der Waals surface area contributed by atoms with Crippen LogP contribution in [-0.2, 0) is 19.6 Å². The average molecular weight is 504 g/mol. The Hall–Kier alpha value is -3.43. The van der Waals surface area contributed by atoms with E-state index < -0.39 is 22.0 Å². The highest BCUT2D eigenvalue weighted by Gasteiger charge is 2.24. The van der Waals surface area contributed by atoms with Gasteiger partial charge in [0.1, 0.15) is 11.8 Å². The standard InChI is InChI=1S/C24H29N3O7S/c1-27(16-17-33-2)15-5-4-6-22(24(29)30)26-35(31,32)21-13-9-19(10-14-21)25-23(28)18-7-11-20(34-3)12-8-18/h7-14,22,26H,6,15-17H2,1-3H3,(H,25,28)(H,29,30). The van der Waals surface area contributed by atoms with E-state index in [1.807, 2.05) is 11.9 Å². The first-order chi connectivity index (χ1) is 16.7. The quantitative estimate of drug-likeness (QED) is 0.372. The normalized spacial score (nSPS) is 11.9. The van der Waals surface area contributed by atoms with Crippen molar-refractivity contribution in [1.29, 1.82) is 0 Å². The van der Waals surface area contributed by atoms with Crippen molar-refractivity contribution in [2.75, 3.05) is 46.3 Å². The number of aliphatic carboxylic acids is 1. The molecule has 2 aromatic rings. The Labute approximate surface area is 205 Å². The van der Waals surface area contributed by atoms with Gasteiger partial charge in [-0.2, -0.15) is 4.72 Å². The van der Waals surface area contributed by atoms with Gasteiger partial charge in [-0.1, -0.05) is 11.8 Å². The number of nitrogens with one attached hydrogen (secondary N) is 2. The monoisotopic (exact) mass is 503 g/mol. The lowest BCUT2D eigenvalue weighted by Gasteiger charge is -2.13. The first kappa shape index (κ1) is 27.8. The number of carbonyl (C=O) groups excluding carboxylic acids is 1. The Kier molecular flexibility index (Phi) is 10.7. The first-order valence-electron chi connectivity index (χ1n) is 10.6. The summed E-state index contributed by atoms with van der Waals surface area (Å²) in [7, 11) is 0.831. The van der Waals surface area contributed by atoms with Gasteiger partial charge in [-0.05, 0) is 55.6 Å². The van der Waals surface area contributed by atoms with Gasteiger partial charge in [0.2, 0.25) is 10.0 Å². The van der Waals surface area contributed by atoms with E-state index in [9.17, 15) is 23.1 Å². The number of sulfonamides is 1. The van der Waals surface area contributed by atoms with Crippen LogP contribution in [0.15, 0.2) is 53.4 Å². The van der Waals surface area contributed by atoms with E-state index in [-0.39, 0.29) is 17.2 Å². The second kappa shape index (κ2) is 13.5. The summed E-state index contributed by atoms with van der Waals surface area (Å²) >= 11 is 0. The fourth-order valence-corrected chi connectivity index (χ4v) is 3.98. The molecule has 0 fully saturated rings. The van der Waals surface area contributed by atoms with Crippen molar-refractivity contribution in [1.82, 2.24) is 9.62 Å². The molecule has 2 rings (SSSR count). The van der Waals surface area contributed by atoms with Gasteiger partial charge in [0.15, 0.2) is 0 Å². The number of carbonyl (C=O) groups is 2. The Bertz CT molecular complexity index is 1150. The number of carboxylic acid groups (broad SMARTS) is 1. The summed E-state index contributed by atoms with van der Waals surface area (Å²) in [5, 5.41) is 12.1. The van der Waals surface area contributed by atoms with Gasteiger partial charge in [0.25, 0.3) is 5.91 Å². The fraction of sp³-hybridized carbons (Fsp3) is 0.333. The van der Waals surface area contributed by atoms with Crippen LogP contribution in [0.5, 0.6) is 5.75 Å². The van der Waals surface area contributed by atoms with Gasteiger partial charge in [-0.3, -0.25) is 14.5 Å². The highest BCUT2D eigenvalue weighted by atomic mass is 32.2. The van der Waals surface area contributed by atoms with Crippen LogP contribution >= 0.6 is 0 Å². The lowest BCUT2D eigenvalue weighted by Crippen LogP contribution is -2.40. The van der Waals surface area contributed by atoms with Crippen molar-refractivity contribution in [2.45, 2.75) is 17.4 Å². The van der Waals surface area contributed by atoms with Gasteiger partial charge in [-0.15, -0.1) is 0 Å². The molecule has 188 valence electrons. The number of methoxy groups -OCH3 is 2. The molecule has 1 amide bonds. The number of amides is 1. The number of rotatable bonds is 12. The van der Waals surface area contributed by atoms with Crippen molar-refractivity contribution < 1.29 is 32.6 Å². The molecule has 1 atom stereocenters. The van der Waals surface area contributed by atoms with Gasteiger partial charge in [0.05, 0.1) is 25.2 Å². The molecule has 10 nitrogen and oxygen atoms in total. The molecular formula is C24H29N3O7S. The number of benzene rings is 2. The zero-order valence-electron chi connectivity index (χ0n) is 19.8. The Morgan fingerprint density at radius 1 is 1.06 bits per heavy atom. The maximum Gasteiger partial charge on any atom is 0.322 e. The van der Waals surface area contributed by atoms with Crippen LogP contribution in [0.2, 0.25) is 0 Å². The zero-order valence-corrected chi connectivity index (χ0v) is 20.6. The molecule has 2 aromatic carbocycles. The number of nitrogens with zero attached hydrogens (tertiary/aromatic N) is 1. The van der Waals surface area contributed by atoms with E-state index in [0.717, 1.165) is 0 Å². The van der Waals surface area contributed by atoms with Crippen molar-refractivity contribution >= 4 is 27.6 Å². The van der Waals surface area contributed by atoms with Crippen molar-refractivity contribution in [3.8, 4) is 17.6 Å². The van der Waals surface area contributed by atoms with Gasteiger partial charge in [0, 0.05) is 31.3 Å². The van der Waals surface area contributed by atoms with E-state index >= 15 is 0 Å². The summed E-state index contributed by atoms with van der Waals surface area (Å²) in [5.74, 6) is 4.44. The summed E-state index contributed by atoms with van der Waals surface area (Å²) in [6.45, 7) is 1.60. The summed E-state index contributed by atoms with van der Waals surface area (Å²) in [6, 6.07) is 10.5. The van der Waals surface area contributed by atoms with Crippen molar-refractivity contribution in [3.63, 3.8) is 0 Å². The van der Waals surface area contributed by atoms with Crippen LogP contribution in [0.25, 0.3) is 0 Å². The van der Waals surface area contributed by atoms with Crippen LogP contribution in [0.1, 0.15) is 16.8 Å². The van der Waals surface area contributed by atoms with Crippen LogP contribution < -0.4 is 14.8 Å². The van der Waals surface area contributed by atoms with Crippen molar-refractivity contribution in [3.05, 3.63) is 54.1 Å². The third-order valence-electron chi connectivity index (χ3n) is 4.83. The van der Waals surface area contributed by atoms with E-state index in [4.69, 9.17) is 9.47 Å². The SMILES string of the molecule is COCCN(C)CC#CCC(NS(=O)(=O)c1ccc(NC(=O)c2ccc(OC)cc2)cc1)C(=O)O. The molecule has 0 aliphatic rings. The van der Waals surface area contributed by atoms with Crippen LogP contribution in [0.3, 0.4) is 0 Å². The Balaban J connectivity index is 2.00. The third-order valence-corrected chi connectivity index (χ3v) is 6.32. The Morgan fingerprint density at radius 2 is 1.71 bits per heavy atom. The van der Waals surface area contributed by atoms with Gasteiger partial charge in [-0.25, -0.2) is 8.42 Å². The zero-order chi connectivity index (χ0) is 25.8. The second-order valence-electron chi connectivity index (χ2n) is 7.51. The molecule has 0 aliphatic heterocycles. The smallest absolute Gasteiger partial charge is 0.322 e. The minimum absolute atomic E-state index is 0.140. The van der Waals surface area contributed by atoms with Crippen LogP contribution in [-0.4, -0.2) is 77.3 Å². The maximum absolute atomic E-state index is 12.7. The van der Waals surface area contributed by atoms with Crippen LogP contribution in [0.4, 0.5) is 5.69 Å². The highest BCUT2D eigenvalue weighted by Crippen LogP contribution is 2.17. The largest absolute Gasteiger partial charge is 0.497 e. The molecule has 0 radical (unpaired) electrons. The maximum atomic E-state index is 12.7. The second-order valence-corrected chi connectivity index (χ2v) is 9.22. The average Bonchev–Trinajstić information content (AvgIpc) is 2.84. The molecule has 0 saturated heterocycles. The summed E-state index contributed by atoms with van der Waals surface area (Å²) in [5.41, 5.74) is 0.780. The summed E-state index contributed by atoms with van der Waals surface area (Å²) in [6.07, 6.45) is -0.192. The molecule has 35 heavy (non-hydrogen) atoms. The van der Waals surface area contributed by atoms with Gasteiger partial charge >= 0.3 is 5.97 Å². The van der Waals surface area contributed by atoms with Gasteiger partial charge < -0.3 is 19.9 Å². The number of anilines is 1. The van der Waals surface area contributed by atoms with Crippen molar-refractivity contribution in [2.24, 2.45) is 0 Å². The number of likely N-dealkylation sites (N-methyl/N-ethyl adjacent to an activating group) is 1. The molecule has 3 N–H and O–H groups in total. The molecule has 0 bridgehead atoms. The first-order valence-corrected chi connectivity index (χ1v) is 12.1. The lowest BCUT2D eigenvalue weighted by atomic mass is 10.2. The topological polar surface area (TPSA) is 134 Å². The predicted molar refractivity (Wildman–Crippen MR) is 131 cm³/mol. The number of hydrogen-bond acceptors (Lipinski definition) is 7. The fourth-order valence-electron chi connectivity index (χ4n) is 2.79. The summed E-state index contributed by atoms with van der Waals surface area (Å²) in [4.78, 5) is 25.7. The van der Waals surface area contributed by atoms with E-state index in [1.54, 1.807) is 31.4 Å². The highest BCUT2D eigenvalue weighted by molar-refractivity contribution is 7.89. The number of hydrogen-bond donors (Lipinski definition) is 3. The molecule has 0 heterocycles. The minimum Gasteiger partial charge on any atom is -0.497 e. The molecule has 11 heteroatoms. The van der Waals surface area contributed by atoms with E-state index in [1.165, 1.54) is 31.4 Å². The molecular weight excluding hydrogens is 474 g/mol. The van der Waals surface area contributed by atoms with E-state index in [2.05, 4.69) is 21.9 Å². The predicted octanol–water partition coefficient (Wildman–Crippen LogP) is 1.65. The van der Waals surface area contributed by atoms with E-state index in [0.29, 0.717) is 36.7 Å². The third kappa shape index (κ3) is 9.03. The Morgan fingerprint density at radius 3 is 2.29 bits per heavy atom. The molecule has 0 aliphatic carbocycles. The molecule has 1 unspecified atom stereocenters. The molecule has 0 spiro atoms. The van der Waals surface area contributed by atoms with Crippen LogP contribution in [0, 0.1) is 11.8 Å². The number of ether oxygens (including phenoxy) is 2. The lowest BCUT2D eigenvalue weighted by molar-refractivity contribution is -0.138.